The molecule has 0 aromatic carbocycles. The standard InChI is InChI=1S/C13H17N9S/c1-20(2)6-7-21-13(17-18-19-21)23-11-9-4-3-5-10(9)16-12-14-8-15-22(11)12/h8H,3-7H2,1-2H3. The summed E-state index contributed by atoms with van der Waals surface area (Å²) in [7, 11) is 4.07. The molecule has 4 rings (SSSR count). The van der Waals surface area contributed by atoms with Crippen molar-refractivity contribution in [3.05, 3.63) is 17.6 Å². The van der Waals surface area contributed by atoms with Gasteiger partial charge in [-0.15, -0.1) is 5.10 Å². The Balaban J connectivity index is 1.71. The van der Waals surface area contributed by atoms with Crippen molar-refractivity contribution in [3.63, 3.8) is 0 Å². The first kappa shape index (κ1) is 14.5. The SMILES string of the molecule is CN(C)CCn1nnnc1Sc1c2c(nc3ncnn13)CCC2. The van der Waals surface area contributed by atoms with Crippen LogP contribution in [0.4, 0.5) is 0 Å². The van der Waals surface area contributed by atoms with E-state index in [0.29, 0.717) is 5.78 Å². The van der Waals surface area contributed by atoms with Crippen LogP contribution in [0.1, 0.15) is 17.7 Å². The molecule has 3 aromatic rings. The van der Waals surface area contributed by atoms with E-state index in [0.717, 1.165) is 48.2 Å². The topological polar surface area (TPSA) is 89.9 Å². The minimum atomic E-state index is 0.639. The largest absolute Gasteiger partial charge is 0.308 e. The quantitative estimate of drug-likeness (QED) is 0.617. The molecule has 0 spiro atoms. The average Bonchev–Trinajstić information content (AvgIpc) is 3.24. The lowest BCUT2D eigenvalue weighted by Gasteiger charge is -2.11. The highest BCUT2D eigenvalue weighted by Gasteiger charge is 2.23. The first-order valence-electron chi connectivity index (χ1n) is 7.52. The molecule has 10 heteroatoms. The molecule has 0 radical (unpaired) electrons. The summed E-state index contributed by atoms with van der Waals surface area (Å²) in [6.07, 6.45) is 4.67. The smallest absolute Gasteiger partial charge is 0.253 e. The lowest BCUT2D eigenvalue weighted by Crippen LogP contribution is -2.19. The average molecular weight is 331 g/mol. The van der Waals surface area contributed by atoms with Gasteiger partial charge >= 0.3 is 0 Å². The van der Waals surface area contributed by atoms with E-state index in [1.165, 1.54) is 11.9 Å². The summed E-state index contributed by atoms with van der Waals surface area (Å²) in [5, 5.41) is 18.2. The predicted octanol–water partition coefficient (Wildman–Crippen LogP) is 0.312. The van der Waals surface area contributed by atoms with Crippen LogP contribution in [0.15, 0.2) is 16.5 Å². The number of fused-ring (bicyclic) bond motifs is 2. The van der Waals surface area contributed by atoms with Gasteiger partial charge in [0, 0.05) is 12.1 Å². The van der Waals surface area contributed by atoms with E-state index >= 15 is 0 Å². The Hall–Kier alpha value is -2.07. The van der Waals surface area contributed by atoms with Gasteiger partial charge in [-0.1, -0.05) is 0 Å². The van der Waals surface area contributed by atoms with Crippen LogP contribution in [-0.2, 0) is 19.4 Å². The molecule has 3 heterocycles. The summed E-state index contributed by atoms with van der Waals surface area (Å²) >= 11 is 1.54. The van der Waals surface area contributed by atoms with Crippen LogP contribution in [-0.4, -0.2) is 65.3 Å². The second-order valence-electron chi connectivity index (χ2n) is 5.76. The summed E-state index contributed by atoms with van der Waals surface area (Å²) in [5.74, 6) is 0.639. The molecule has 0 saturated carbocycles. The number of hydrogen-bond acceptors (Lipinski definition) is 8. The van der Waals surface area contributed by atoms with E-state index in [1.807, 2.05) is 18.8 Å². The molecule has 0 fully saturated rings. The van der Waals surface area contributed by atoms with E-state index in [2.05, 4.69) is 35.5 Å². The highest BCUT2D eigenvalue weighted by atomic mass is 32.2. The zero-order valence-electron chi connectivity index (χ0n) is 13.0. The van der Waals surface area contributed by atoms with Crippen molar-refractivity contribution < 1.29 is 0 Å². The Morgan fingerprint density at radius 2 is 2.22 bits per heavy atom. The van der Waals surface area contributed by atoms with Crippen molar-refractivity contribution in [2.45, 2.75) is 36.0 Å². The van der Waals surface area contributed by atoms with E-state index in [-0.39, 0.29) is 0 Å². The first-order chi connectivity index (χ1) is 11.2. The maximum atomic E-state index is 4.60. The Morgan fingerprint density at radius 1 is 1.30 bits per heavy atom. The summed E-state index contributed by atoms with van der Waals surface area (Å²) in [6, 6.07) is 0. The lowest BCUT2D eigenvalue weighted by atomic mass is 10.3. The Morgan fingerprint density at radius 3 is 3.09 bits per heavy atom. The molecule has 1 aliphatic rings. The van der Waals surface area contributed by atoms with E-state index in [1.54, 1.807) is 16.3 Å². The maximum absolute atomic E-state index is 4.60. The van der Waals surface area contributed by atoms with Crippen molar-refractivity contribution >= 4 is 17.5 Å². The number of nitrogens with zero attached hydrogens (tertiary/aromatic N) is 9. The molecule has 0 amide bonds. The zero-order valence-corrected chi connectivity index (χ0v) is 13.9. The number of likely N-dealkylation sites (N-methyl/N-ethyl adjacent to an activating group) is 1. The van der Waals surface area contributed by atoms with Gasteiger partial charge in [-0.2, -0.15) is 14.6 Å². The molecule has 0 bridgehead atoms. The minimum Gasteiger partial charge on any atom is -0.308 e. The van der Waals surface area contributed by atoms with Crippen molar-refractivity contribution in [2.24, 2.45) is 0 Å². The van der Waals surface area contributed by atoms with Gasteiger partial charge in [-0.3, -0.25) is 0 Å². The summed E-state index contributed by atoms with van der Waals surface area (Å²) in [5.41, 5.74) is 2.37. The molecular formula is C13H17N9S. The van der Waals surface area contributed by atoms with Crippen LogP contribution in [0, 0.1) is 0 Å². The summed E-state index contributed by atoms with van der Waals surface area (Å²) < 4.78 is 3.62. The molecular weight excluding hydrogens is 314 g/mol. The zero-order chi connectivity index (χ0) is 15.8. The van der Waals surface area contributed by atoms with Gasteiger partial charge in [0.2, 0.25) is 5.16 Å². The Labute approximate surface area is 137 Å². The molecule has 1 aliphatic carbocycles. The van der Waals surface area contributed by atoms with E-state index in [9.17, 15) is 0 Å². The highest BCUT2D eigenvalue weighted by Crippen LogP contribution is 2.34. The molecule has 3 aromatic heterocycles. The van der Waals surface area contributed by atoms with Crippen LogP contribution in [0.5, 0.6) is 0 Å². The molecule has 120 valence electrons. The number of hydrogen-bond donors (Lipinski definition) is 0. The predicted molar refractivity (Wildman–Crippen MR) is 83.3 cm³/mol. The molecule has 0 aliphatic heterocycles. The Kier molecular flexibility index (Phi) is 3.69. The van der Waals surface area contributed by atoms with Crippen LogP contribution >= 0.6 is 11.8 Å². The first-order valence-corrected chi connectivity index (χ1v) is 8.34. The van der Waals surface area contributed by atoms with Gasteiger partial charge in [0.15, 0.2) is 0 Å². The van der Waals surface area contributed by atoms with Gasteiger partial charge < -0.3 is 4.90 Å². The van der Waals surface area contributed by atoms with Crippen molar-refractivity contribution in [1.29, 1.82) is 0 Å². The monoisotopic (exact) mass is 331 g/mol. The van der Waals surface area contributed by atoms with Crippen LogP contribution in [0.3, 0.4) is 0 Å². The molecule has 9 nitrogen and oxygen atoms in total. The van der Waals surface area contributed by atoms with Crippen LogP contribution in [0.25, 0.3) is 5.78 Å². The molecule has 0 saturated heterocycles. The maximum Gasteiger partial charge on any atom is 0.253 e. The van der Waals surface area contributed by atoms with Crippen LogP contribution in [0.2, 0.25) is 0 Å². The van der Waals surface area contributed by atoms with Gasteiger partial charge in [-0.25, -0.2) is 9.67 Å². The fourth-order valence-electron chi connectivity index (χ4n) is 2.68. The molecule has 23 heavy (non-hydrogen) atoms. The third kappa shape index (κ3) is 2.68. The van der Waals surface area contributed by atoms with Gasteiger partial charge in [0.05, 0.1) is 12.2 Å². The number of aromatic nitrogens is 8. The van der Waals surface area contributed by atoms with E-state index in [4.69, 9.17) is 0 Å². The normalized spacial score (nSPS) is 14.0. The Bertz CT molecular complexity index is 837. The second kappa shape index (κ2) is 5.85. The third-order valence-corrected chi connectivity index (χ3v) is 4.94. The lowest BCUT2D eigenvalue weighted by molar-refractivity contribution is 0.361. The van der Waals surface area contributed by atoms with Crippen LogP contribution < -0.4 is 0 Å². The number of aryl methyl sites for hydroxylation is 1. The number of rotatable bonds is 5. The minimum absolute atomic E-state index is 0.639. The van der Waals surface area contributed by atoms with Crippen molar-refractivity contribution in [3.8, 4) is 0 Å². The van der Waals surface area contributed by atoms with E-state index < -0.39 is 0 Å². The highest BCUT2D eigenvalue weighted by molar-refractivity contribution is 7.99. The summed E-state index contributed by atoms with van der Waals surface area (Å²) in [4.78, 5) is 10.9. The van der Waals surface area contributed by atoms with Crippen molar-refractivity contribution in [2.75, 3.05) is 20.6 Å². The molecule has 0 unspecified atom stereocenters. The third-order valence-electron chi connectivity index (χ3n) is 3.85. The van der Waals surface area contributed by atoms with Gasteiger partial charge in [0.1, 0.15) is 11.4 Å². The fourth-order valence-corrected chi connectivity index (χ4v) is 3.72. The van der Waals surface area contributed by atoms with Gasteiger partial charge in [-0.05, 0) is 55.5 Å². The number of tetrazole rings is 1. The van der Waals surface area contributed by atoms with Gasteiger partial charge in [0.25, 0.3) is 5.78 Å². The molecule has 0 atom stereocenters. The molecule has 0 N–H and O–H groups in total. The second-order valence-corrected chi connectivity index (χ2v) is 6.71. The summed E-state index contributed by atoms with van der Waals surface area (Å²) in [6.45, 7) is 1.63. The van der Waals surface area contributed by atoms with Crippen molar-refractivity contribution in [1.82, 2.24) is 44.7 Å². The fraction of sp³-hybridized carbons (Fsp3) is 0.538.